The number of carbonyl (C=O) groups is 1. The van der Waals surface area contributed by atoms with Crippen molar-refractivity contribution in [3.8, 4) is 0 Å². The smallest absolute Gasteiger partial charge is 0.225 e. The number of ether oxygens (including phenoxy) is 1. The molecule has 1 amide bonds. The van der Waals surface area contributed by atoms with Crippen molar-refractivity contribution in [3.63, 3.8) is 0 Å². The van der Waals surface area contributed by atoms with Crippen LogP contribution in [0.4, 0.5) is 0 Å². The highest BCUT2D eigenvalue weighted by Crippen LogP contribution is 2.38. The lowest BCUT2D eigenvalue weighted by Gasteiger charge is -2.48. The van der Waals surface area contributed by atoms with Crippen molar-refractivity contribution in [3.05, 3.63) is 11.8 Å². The summed E-state index contributed by atoms with van der Waals surface area (Å²) in [6.07, 6.45) is 2.00. The first kappa shape index (κ1) is 13.5. The second-order valence-electron chi connectivity index (χ2n) is 6.13. The third kappa shape index (κ3) is 2.22. The Morgan fingerprint density at radius 2 is 2.15 bits per heavy atom. The monoisotopic (exact) mass is 279 g/mol. The van der Waals surface area contributed by atoms with Crippen molar-refractivity contribution in [2.45, 2.75) is 45.1 Å². The summed E-state index contributed by atoms with van der Waals surface area (Å²) in [5.74, 6) is 1.60. The van der Waals surface area contributed by atoms with Gasteiger partial charge in [-0.2, -0.15) is 0 Å². The molecule has 0 radical (unpaired) electrons. The number of hydrogen-bond donors (Lipinski definition) is 0. The minimum absolute atomic E-state index is 0.139. The summed E-state index contributed by atoms with van der Waals surface area (Å²) >= 11 is 0. The average Bonchev–Trinajstić information content (AvgIpc) is 2.75. The molecule has 0 atom stereocenters. The molecule has 1 saturated carbocycles. The van der Waals surface area contributed by atoms with Crippen LogP contribution in [-0.4, -0.2) is 46.8 Å². The number of carbonyl (C=O) groups excluding carboxylic acids is 1. The van der Waals surface area contributed by atoms with Crippen molar-refractivity contribution in [1.29, 1.82) is 0 Å². The third-order valence-corrected chi connectivity index (χ3v) is 4.28. The highest BCUT2D eigenvalue weighted by molar-refractivity contribution is 5.81. The highest BCUT2D eigenvalue weighted by atomic mass is 16.5. The molecule has 1 aliphatic heterocycles. The fraction of sp³-hybridized carbons (Fsp3) is 0.786. The lowest BCUT2D eigenvalue weighted by molar-refractivity contribution is -0.152. The molecule has 2 fully saturated rings. The Kier molecular flexibility index (Phi) is 3.28. The first-order chi connectivity index (χ1) is 9.51. The largest absolute Gasteiger partial charge is 0.425 e. The summed E-state index contributed by atoms with van der Waals surface area (Å²) in [6.45, 7) is 7.90. The van der Waals surface area contributed by atoms with Crippen molar-refractivity contribution in [1.82, 2.24) is 15.1 Å². The Hall–Kier alpha value is -1.43. The predicted molar refractivity (Wildman–Crippen MR) is 71.1 cm³/mol. The molecule has 2 heterocycles. The van der Waals surface area contributed by atoms with E-state index in [1.165, 1.54) is 0 Å². The van der Waals surface area contributed by atoms with Crippen LogP contribution in [0.5, 0.6) is 0 Å². The Morgan fingerprint density at radius 1 is 1.45 bits per heavy atom. The summed E-state index contributed by atoms with van der Waals surface area (Å²) in [7, 11) is 0. The van der Waals surface area contributed by atoms with Gasteiger partial charge in [0.05, 0.1) is 11.5 Å². The summed E-state index contributed by atoms with van der Waals surface area (Å²) in [4.78, 5) is 14.2. The molecule has 6 heteroatoms. The fourth-order valence-electron chi connectivity index (χ4n) is 3.03. The number of aryl methyl sites for hydroxylation is 1. The van der Waals surface area contributed by atoms with Gasteiger partial charge in [0.2, 0.25) is 17.7 Å². The van der Waals surface area contributed by atoms with Gasteiger partial charge in [0.1, 0.15) is 0 Å². The van der Waals surface area contributed by atoms with Crippen LogP contribution in [0.25, 0.3) is 0 Å². The Bertz CT molecular complexity index is 502. The first-order valence-electron chi connectivity index (χ1n) is 7.23. The molecule has 0 N–H and O–H groups in total. The lowest BCUT2D eigenvalue weighted by atomic mass is 9.77. The topological polar surface area (TPSA) is 68.5 Å². The van der Waals surface area contributed by atoms with Gasteiger partial charge < -0.3 is 14.1 Å². The molecule has 2 aliphatic rings. The van der Waals surface area contributed by atoms with E-state index in [4.69, 9.17) is 9.15 Å². The molecule has 0 unspecified atom stereocenters. The Morgan fingerprint density at radius 3 is 2.70 bits per heavy atom. The van der Waals surface area contributed by atoms with Crippen LogP contribution in [0.3, 0.4) is 0 Å². The van der Waals surface area contributed by atoms with Crippen molar-refractivity contribution >= 4 is 5.91 Å². The van der Waals surface area contributed by atoms with Crippen LogP contribution in [0.15, 0.2) is 4.42 Å². The number of aromatic nitrogens is 2. The molecule has 0 bridgehead atoms. The van der Waals surface area contributed by atoms with Crippen LogP contribution in [-0.2, 0) is 14.9 Å². The minimum atomic E-state index is -0.181. The maximum Gasteiger partial charge on any atom is 0.225 e. The van der Waals surface area contributed by atoms with E-state index < -0.39 is 0 Å². The van der Waals surface area contributed by atoms with E-state index in [0.717, 1.165) is 19.4 Å². The number of likely N-dealkylation sites (tertiary alicyclic amines) is 1. The second-order valence-corrected chi connectivity index (χ2v) is 6.13. The molecular weight excluding hydrogens is 258 g/mol. The zero-order valence-electron chi connectivity index (χ0n) is 12.3. The van der Waals surface area contributed by atoms with E-state index in [1.807, 2.05) is 11.8 Å². The molecule has 1 aromatic rings. The van der Waals surface area contributed by atoms with E-state index in [-0.39, 0.29) is 23.3 Å². The van der Waals surface area contributed by atoms with Gasteiger partial charge in [-0.25, -0.2) is 0 Å². The van der Waals surface area contributed by atoms with E-state index in [2.05, 4.69) is 17.1 Å². The van der Waals surface area contributed by atoms with E-state index in [9.17, 15) is 4.79 Å². The van der Waals surface area contributed by atoms with Gasteiger partial charge in [-0.05, 0) is 26.7 Å². The molecule has 6 nitrogen and oxygen atoms in total. The molecule has 3 rings (SSSR count). The maximum atomic E-state index is 12.3. The number of hydrogen-bond acceptors (Lipinski definition) is 5. The predicted octanol–water partition coefficient (Wildman–Crippen LogP) is 1.29. The van der Waals surface area contributed by atoms with Gasteiger partial charge in [-0.1, -0.05) is 0 Å². The van der Waals surface area contributed by atoms with Gasteiger partial charge in [-0.15, -0.1) is 10.2 Å². The van der Waals surface area contributed by atoms with Crippen LogP contribution >= 0.6 is 0 Å². The molecule has 1 aromatic heterocycles. The van der Waals surface area contributed by atoms with E-state index >= 15 is 0 Å². The fourth-order valence-corrected chi connectivity index (χ4v) is 3.03. The highest BCUT2D eigenvalue weighted by Gasteiger charge is 2.49. The molecule has 0 aromatic carbocycles. The standard InChI is InChI=1S/C14H21N3O3/c1-4-19-11-5-10(6-11)12(18)17-7-14(3,8-17)13-16-15-9(2)20-13/h10-11H,4-8H2,1-3H3. The molecule has 1 aliphatic carbocycles. The van der Waals surface area contributed by atoms with Crippen LogP contribution in [0, 0.1) is 12.8 Å². The number of amides is 1. The van der Waals surface area contributed by atoms with Crippen LogP contribution < -0.4 is 0 Å². The van der Waals surface area contributed by atoms with Gasteiger partial charge >= 0.3 is 0 Å². The molecule has 0 spiro atoms. The summed E-state index contributed by atoms with van der Waals surface area (Å²) in [5, 5.41) is 7.93. The molecule has 20 heavy (non-hydrogen) atoms. The van der Waals surface area contributed by atoms with Gasteiger partial charge in [0.15, 0.2) is 0 Å². The zero-order valence-corrected chi connectivity index (χ0v) is 12.3. The Balaban J connectivity index is 1.52. The first-order valence-corrected chi connectivity index (χ1v) is 7.23. The van der Waals surface area contributed by atoms with Gasteiger partial charge in [-0.3, -0.25) is 4.79 Å². The molecular formula is C14H21N3O3. The van der Waals surface area contributed by atoms with Crippen molar-refractivity contribution in [2.75, 3.05) is 19.7 Å². The quantitative estimate of drug-likeness (QED) is 0.830. The third-order valence-electron chi connectivity index (χ3n) is 4.28. The second kappa shape index (κ2) is 4.84. The summed E-state index contributed by atoms with van der Waals surface area (Å²) in [5.41, 5.74) is -0.181. The number of rotatable bonds is 4. The van der Waals surface area contributed by atoms with Crippen molar-refractivity contribution < 1.29 is 13.9 Å². The Labute approximate surface area is 118 Å². The van der Waals surface area contributed by atoms with E-state index in [0.29, 0.717) is 24.9 Å². The minimum Gasteiger partial charge on any atom is -0.425 e. The summed E-state index contributed by atoms with van der Waals surface area (Å²) < 4.78 is 11.0. The van der Waals surface area contributed by atoms with Gasteiger partial charge in [0, 0.05) is 32.5 Å². The normalized spacial score (nSPS) is 27.9. The molecule has 110 valence electrons. The lowest BCUT2D eigenvalue weighted by Crippen LogP contribution is -2.62. The van der Waals surface area contributed by atoms with E-state index in [1.54, 1.807) is 6.92 Å². The average molecular weight is 279 g/mol. The van der Waals surface area contributed by atoms with Crippen LogP contribution in [0.2, 0.25) is 0 Å². The summed E-state index contributed by atoms with van der Waals surface area (Å²) in [6, 6.07) is 0. The maximum absolute atomic E-state index is 12.3. The SMILES string of the molecule is CCOC1CC(C(=O)N2CC(C)(c3nnc(C)o3)C2)C1. The van der Waals surface area contributed by atoms with Crippen molar-refractivity contribution in [2.24, 2.45) is 5.92 Å². The molecule has 1 saturated heterocycles. The van der Waals surface area contributed by atoms with Gasteiger partial charge in [0.25, 0.3) is 0 Å². The van der Waals surface area contributed by atoms with Crippen LogP contribution in [0.1, 0.15) is 38.5 Å². The number of nitrogens with zero attached hydrogens (tertiary/aromatic N) is 3. The zero-order chi connectivity index (χ0) is 14.3.